The van der Waals surface area contributed by atoms with Gasteiger partial charge in [-0.25, -0.2) is 4.39 Å². The van der Waals surface area contributed by atoms with Crippen LogP contribution in [0.4, 0.5) is 4.39 Å². The zero-order valence-corrected chi connectivity index (χ0v) is 15.2. The highest BCUT2D eigenvalue weighted by Gasteiger charge is 2.20. The van der Waals surface area contributed by atoms with Gasteiger partial charge in [0.15, 0.2) is 0 Å². The van der Waals surface area contributed by atoms with Crippen molar-refractivity contribution in [2.24, 2.45) is 0 Å². The monoisotopic (exact) mass is 382 g/mol. The maximum absolute atomic E-state index is 13.6. The van der Waals surface area contributed by atoms with Crippen molar-refractivity contribution in [3.05, 3.63) is 69.5 Å². The Morgan fingerprint density at radius 1 is 1.00 bits per heavy atom. The first-order chi connectivity index (χ1) is 11.8. The molecule has 0 bridgehead atoms. The van der Waals surface area contributed by atoms with E-state index in [0.717, 1.165) is 0 Å². The van der Waals surface area contributed by atoms with Gasteiger partial charge < -0.3 is 10.6 Å². The van der Waals surface area contributed by atoms with Gasteiger partial charge in [-0.3, -0.25) is 9.59 Å². The number of hydrogen-bond donors (Lipinski definition) is 2. The van der Waals surface area contributed by atoms with E-state index in [1.807, 2.05) is 0 Å². The van der Waals surface area contributed by atoms with Gasteiger partial charge in [0, 0.05) is 10.6 Å². The van der Waals surface area contributed by atoms with E-state index in [2.05, 4.69) is 10.6 Å². The molecule has 0 aliphatic heterocycles. The fourth-order valence-corrected chi connectivity index (χ4v) is 2.77. The fraction of sp³-hybridized carbons (Fsp3) is 0.222. The van der Waals surface area contributed by atoms with Gasteiger partial charge in [-0.2, -0.15) is 0 Å². The normalized spacial score (nSPS) is 13.0. The van der Waals surface area contributed by atoms with Gasteiger partial charge in [0.1, 0.15) is 11.9 Å². The first-order valence-corrected chi connectivity index (χ1v) is 8.36. The molecular weight excluding hydrogens is 366 g/mol. The summed E-state index contributed by atoms with van der Waals surface area (Å²) < 4.78 is 13.6. The molecule has 0 saturated heterocycles. The zero-order valence-electron chi connectivity index (χ0n) is 13.6. The van der Waals surface area contributed by atoms with Crippen molar-refractivity contribution in [1.29, 1.82) is 0 Å². The Labute approximate surface area is 155 Å². The molecule has 0 aliphatic rings. The molecule has 0 saturated carbocycles. The minimum atomic E-state index is -0.772. The number of amides is 2. The Balaban J connectivity index is 2.01. The molecule has 2 aromatic rings. The van der Waals surface area contributed by atoms with Crippen LogP contribution in [0.1, 0.15) is 35.8 Å². The first-order valence-electron chi connectivity index (χ1n) is 7.60. The van der Waals surface area contributed by atoms with E-state index < -0.39 is 23.8 Å². The average molecular weight is 383 g/mol. The highest BCUT2D eigenvalue weighted by molar-refractivity contribution is 6.35. The van der Waals surface area contributed by atoms with E-state index in [1.165, 1.54) is 12.1 Å². The molecule has 0 fully saturated rings. The van der Waals surface area contributed by atoms with Gasteiger partial charge in [-0.05, 0) is 43.7 Å². The summed E-state index contributed by atoms with van der Waals surface area (Å²) in [6.45, 7) is 3.23. The molecule has 2 aromatic carbocycles. The number of hydrogen-bond acceptors (Lipinski definition) is 2. The lowest BCUT2D eigenvalue weighted by molar-refractivity contribution is -0.123. The van der Waals surface area contributed by atoms with E-state index in [4.69, 9.17) is 23.2 Å². The molecule has 0 heterocycles. The second-order valence-corrected chi connectivity index (χ2v) is 6.39. The van der Waals surface area contributed by atoms with Crippen LogP contribution in [-0.2, 0) is 4.79 Å². The smallest absolute Gasteiger partial charge is 0.251 e. The van der Waals surface area contributed by atoms with Crippen LogP contribution >= 0.6 is 23.2 Å². The highest BCUT2D eigenvalue weighted by Crippen LogP contribution is 2.28. The molecule has 7 heteroatoms. The van der Waals surface area contributed by atoms with Crippen molar-refractivity contribution < 1.29 is 14.0 Å². The summed E-state index contributed by atoms with van der Waals surface area (Å²) in [5.74, 6) is -1.39. The van der Waals surface area contributed by atoms with E-state index in [9.17, 15) is 14.0 Å². The summed E-state index contributed by atoms with van der Waals surface area (Å²) in [4.78, 5) is 24.3. The summed E-state index contributed by atoms with van der Waals surface area (Å²) in [6, 6.07) is 9.72. The van der Waals surface area contributed by atoms with E-state index in [1.54, 1.807) is 44.2 Å². The van der Waals surface area contributed by atoms with Crippen LogP contribution in [-0.4, -0.2) is 17.9 Å². The third kappa shape index (κ3) is 4.94. The van der Waals surface area contributed by atoms with Crippen molar-refractivity contribution in [3.63, 3.8) is 0 Å². The molecule has 2 atom stereocenters. The van der Waals surface area contributed by atoms with Gasteiger partial charge in [0.05, 0.1) is 11.1 Å². The lowest BCUT2D eigenvalue weighted by Gasteiger charge is -2.20. The van der Waals surface area contributed by atoms with Gasteiger partial charge in [0.25, 0.3) is 5.91 Å². The number of halogens is 3. The first kappa shape index (κ1) is 19.2. The molecule has 132 valence electrons. The maximum atomic E-state index is 13.6. The average Bonchev–Trinajstić information content (AvgIpc) is 2.58. The van der Waals surface area contributed by atoms with Crippen LogP contribution in [0.15, 0.2) is 42.5 Å². The predicted molar refractivity (Wildman–Crippen MR) is 96.3 cm³/mol. The quantitative estimate of drug-likeness (QED) is 0.763. The number of carbonyl (C=O) groups excluding carboxylic acids is 2. The van der Waals surface area contributed by atoms with Crippen LogP contribution in [0.3, 0.4) is 0 Å². The molecular formula is C18H17Cl2FN2O2. The van der Waals surface area contributed by atoms with Crippen molar-refractivity contribution in [3.8, 4) is 0 Å². The van der Waals surface area contributed by atoms with E-state index in [0.29, 0.717) is 11.1 Å². The summed E-state index contributed by atoms with van der Waals surface area (Å²) in [6.07, 6.45) is 0. The number of rotatable bonds is 5. The lowest BCUT2D eigenvalue weighted by Crippen LogP contribution is -2.45. The zero-order chi connectivity index (χ0) is 18.6. The molecule has 2 unspecified atom stereocenters. The molecule has 25 heavy (non-hydrogen) atoms. The van der Waals surface area contributed by atoms with Crippen molar-refractivity contribution in [1.82, 2.24) is 10.6 Å². The summed E-state index contributed by atoms with van der Waals surface area (Å²) in [5.41, 5.74) is 0.858. The molecule has 2 N–H and O–H groups in total. The maximum Gasteiger partial charge on any atom is 0.251 e. The minimum absolute atomic E-state index is 0.0873. The second-order valence-electron chi connectivity index (χ2n) is 5.58. The third-order valence-corrected chi connectivity index (χ3v) is 4.26. The molecule has 2 rings (SSSR count). The largest absolute Gasteiger partial charge is 0.348 e. The summed E-state index contributed by atoms with van der Waals surface area (Å²) in [7, 11) is 0. The van der Waals surface area contributed by atoms with Crippen LogP contribution < -0.4 is 10.6 Å². The number of carbonyl (C=O) groups is 2. The van der Waals surface area contributed by atoms with Crippen LogP contribution in [0.25, 0.3) is 0 Å². The predicted octanol–water partition coefficient (Wildman–Crippen LogP) is 4.13. The topological polar surface area (TPSA) is 58.2 Å². The SMILES string of the molecule is CC(NC(=O)c1ccccc1)C(=O)NC(C)c1cc(F)c(Cl)cc1Cl. The molecule has 2 amide bonds. The van der Waals surface area contributed by atoms with E-state index in [-0.39, 0.29) is 16.0 Å². The van der Waals surface area contributed by atoms with Crippen molar-refractivity contribution >= 4 is 35.0 Å². The van der Waals surface area contributed by atoms with Gasteiger partial charge in [0.2, 0.25) is 5.91 Å². The Morgan fingerprint density at radius 2 is 1.64 bits per heavy atom. The van der Waals surface area contributed by atoms with Gasteiger partial charge in [-0.1, -0.05) is 41.4 Å². The lowest BCUT2D eigenvalue weighted by atomic mass is 10.1. The Bertz CT molecular complexity index is 784. The Hall–Kier alpha value is -2.11. The van der Waals surface area contributed by atoms with E-state index >= 15 is 0 Å². The van der Waals surface area contributed by atoms with Gasteiger partial charge >= 0.3 is 0 Å². The molecule has 0 spiro atoms. The van der Waals surface area contributed by atoms with Gasteiger partial charge in [-0.15, -0.1) is 0 Å². The standard InChI is InChI=1S/C18H17Cl2FN2O2/c1-10(13-8-16(21)15(20)9-14(13)19)22-17(24)11(2)23-18(25)12-6-4-3-5-7-12/h3-11H,1-2H3,(H,22,24)(H,23,25). The summed E-state index contributed by atoms with van der Waals surface area (Å²) in [5, 5.41) is 5.46. The molecule has 0 radical (unpaired) electrons. The molecule has 0 aromatic heterocycles. The van der Waals surface area contributed by atoms with Crippen LogP contribution in [0.5, 0.6) is 0 Å². The minimum Gasteiger partial charge on any atom is -0.348 e. The summed E-state index contributed by atoms with van der Waals surface area (Å²) >= 11 is 11.7. The second kappa shape index (κ2) is 8.32. The Kier molecular flexibility index (Phi) is 6.39. The third-order valence-electron chi connectivity index (χ3n) is 3.64. The molecule has 0 aliphatic carbocycles. The van der Waals surface area contributed by atoms with Crippen LogP contribution in [0, 0.1) is 5.82 Å². The van der Waals surface area contributed by atoms with Crippen molar-refractivity contribution in [2.45, 2.75) is 25.9 Å². The highest BCUT2D eigenvalue weighted by atomic mass is 35.5. The Morgan fingerprint density at radius 3 is 2.28 bits per heavy atom. The van der Waals surface area contributed by atoms with Crippen molar-refractivity contribution in [2.75, 3.05) is 0 Å². The number of nitrogens with one attached hydrogen (secondary N) is 2. The fourth-order valence-electron chi connectivity index (χ4n) is 2.22. The molecule has 4 nitrogen and oxygen atoms in total. The number of benzene rings is 2. The van der Waals surface area contributed by atoms with Crippen LogP contribution in [0.2, 0.25) is 10.0 Å².